The molecule has 0 aliphatic heterocycles. The molecule has 20 heavy (non-hydrogen) atoms. The van der Waals surface area contributed by atoms with Crippen molar-refractivity contribution in [1.82, 2.24) is 0 Å². The highest BCUT2D eigenvalue weighted by molar-refractivity contribution is 7.90. The summed E-state index contributed by atoms with van der Waals surface area (Å²) in [6.45, 7) is 0.732. The van der Waals surface area contributed by atoms with Gasteiger partial charge in [0.2, 0.25) is 0 Å². The maximum Gasteiger partial charge on any atom is 0.175 e. The summed E-state index contributed by atoms with van der Waals surface area (Å²) in [7, 11) is -1.18. The maximum absolute atomic E-state index is 11.4. The number of rotatable bonds is 4. The molecule has 0 unspecified atom stereocenters. The second kappa shape index (κ2) is 5.85. The molecule has 0 saturated carbocycles. The van der Waals surface area contributed by atoms with Crippen molar-refractivity contribution in [3.63, 3.8) is 0 Å². The Morgan fingerprint density at radius 3 is 2.05 bits per heavy atom. The van der Waals surface area contributed by atoms with Gasteiger partial charge < -0.3 is 4.90 Å². The summed E-state index contributed by atoms with van der Waals surface area (Å²) in [4.78, 5) is 2.39. The molecule has 0 atom stereocenters. The van der Waals surface area contributed by atoms with E-state index in [0.29, 0.717) is 9.92 Å². The molecule has 0 aromatic heterocycles. The minimum atomic E-state index is -3.14. The van der Waals surface area contributed by atoms with Crippen LogP contribution in [0, 0.1) is 0 Å². The quantitative estimate of drug-likeness (QED) is 0.869. The second-order valence-electron chi connectivity index (χ2n) is 4.75. The molecule has 0 N–H and O–H groups in total. The molecule has 0 bridgehead atoms. The van der Waals surface area contributed by atoms with Gasteiger partial charge in [-0.25, -0.2) is 8.42 Å². The standard InChI is InChI=1S/C15H16ClNO2S/c1-17(11-12-3-5-13(16)6-4-12)14-7-9-15(10-8-14)20(2,18)19/h3-10H,11H2,1-2H3. The van der Waals surface area contributed by atoms with Crippen LogP contribution in [0.5, 0.6) is 0 Å². The molecule has 0 fully saturated rings. The Balaban J connectivity index is 2.13. The predicted octanol–water partition coefficient (Wildman–Crippen LogP) is 3.38. The fourth-order valence-corrected chi connectivity index (χ4v) is 2.66. The topological polar surface area (TPSA) is 37.4 Å². The third kappa shape index (κ3) is 3.74. The van der Waals surface area contributed by atoms with E-state index in [2.05, 4.69) is 4.90 Å². The molecule has 2 rings (SSSR count). The van der Waals surface area contributed by atoms with E-state index in [9.17, 15) is 8.42 Å². The molecule has 0 heterocycles. The Hall–Kier alpha value is -1.52. The van der Waals surface area contributed by atoms with E-state index < -0.39 is 9.84 Å². The molecule has 3 nitrogen and oxygen atoms in total. The van der Waals surface area contributed by atoms with E-state index in [1.807, 2.05) is 43.4 Å². The molecular formula is C15H16ClNO2S. The van der Waals surface area contributed by atoms with Gasteiger partial charge in [-0.3, -0.25) is 0 Å². The zero-order valence-corrected chi connectivity index (χ0v) is 12.9. The SMILES string of the molecule is CN(Cc1ccc(Cl)cc1)c1ccc(S(C)(=O)=O)cc1. The number of benzene rings is 2. The average molecular weight is 310 g/mol. The Labute approximate surface area is 124 Å². The van der Waals surface area contributed by atoms with Gasteiger partial charge in [0.1, 0.15) is 0 Å². The first-order valence-corrected chi connectivity index (χ1v) is 8.39. The van der Waals surface area contributed by atoms with Gasteiger partial charge in [0.25, 0.3) is 0 Å². The Morgan fingerprint density at radius 2 is 1.55 bits per heavy atom. The van der Waals surface area contributed by atoms with E-state index >= 15 is 0 Å². The van der Waals surface area contributed by atoms with Crippen LogP contribution in [0.1, 0.15) is 5.56 Å². The molecule has 106 valence electrons. The molecule has 0 saturated heterocycles. The first kappa shape index (κ1) is 14.9. The van der Waals surface area contributed by atoms with E-state index in [4.69, 9.17) is 11.6 Å². The first-order chi connectivity index (χ1) is 9.36. The fraction of sp³-hybridized carbons (Fsp3) is 0.200. The van der Waals surface area contributed by atoms with Crippen LogP contribution in [0.3, 0.4) is 0 Å². The normalized spacial score (nSPS) is 11.3. The summed E-state index contributed by atoms with van der Waals surface area (Å²) in [5.74, 6) is 0. The van der Waals surface area contributed by atoms with E-state index in [-0.39, 0.29) is 0 Å². The van der Waals surface area contributed by atoms with Crippen molar-refractivity contribution >= 4 is 27.1 Å². The van der Waals surface area contributed by atoms with E-state index in [1.54, 1.807) is 12.1 Å². The predicted molar refractivity (Wildman–Crippen MR) is 83.1 cm³/mol. The number of hydrogen-bond donors (Lipinski definition) is 0. The Bertz CT molecular complexity index is 679. The lowest BCUT2D eigenvalue weighted by atomic mass is 10.2. The summed E-state index contributed by atoms with van der Waals surface area (Å²) in [5.41, 5.74) is 2.11. The van der Waals surface area contributed by atoms with Crippen LogP contribution in [-0.4, -0.2) is 21.7 Å². The van der Waals surface area contributed by atoms with Crippen molar-refractivity contribution in [1.29, 1.82) is 0 Å². The molecule has 0 spiro atoms. The molecular weight excluding hydrogens is 294 g/mol. The molecule has 5 heteroatoms. The summed E-state index contributed by atoms with van der Waals surface area (Å²) >= 11 is 5.85. The van der Waals surface area contributed by atoms with Gasteiger partial charge in [-0.1, -0.05) is 23.7 Å². The van der Waals surface area contributed by atoms with Gasteiger partial charge >= 0.3 is 0 Å². The van der Waals surface area contributed by atoms with Gasteiger partial charge in [0.15, 0.2) is 9.84 Å². The smallest absolute Gasteiger partial charge is 0.175 e. The number of halogens is 1. The van der Waals surface area contributed by atoms with E-state index in [0.717, 1.165) is 17.8 Å². The maximum atomic E-state index is 11.4. The van der Waals surface area contributed by atoms with Crippen molar-refractivity contribution < 1.29 is 8.42 Å². The summed E-state index contributed by atoms with van der Waals surface area (Å²) in [5, 5.41) is 0.717. The van der Waals surface area contributed by atoms with Crippen molar-refractivity contribution in [2.75, 3.05) is 18.2 Å². The Kier molecular flexibility index (Phi) is 4.35. The highest BCUT2D eigenvalue weighted by atomic mass is 35.5. The molecule has 0 aliphatic rings. The Morgan fingerprint density at radius 1 is 1.00 bits per heavy atom. The summed E-state index contributed by atoms with van der Waals surface area (Å²) < 4.78 is 22.8. The van der Waals surface area contributed by atoms with Gasteiger partial charge in [0, 0.05) is 30.6 Å². The zero-order valence-electron chi connectivity index (χ0n) is 11.4. The highest BCUT2D eigenvalue weighted by Crippen LogP contribution is 2.19. The number of sulfone groups is 1. The van der Waals surface area contributed by atoms with Crippen LogP contribution in [0.4, 0.5) is 5.69 Å². The average Bonchev–Trinajstić information content (AvgIpc) is 2.40. The monoisotopic (exact) mass is 309 g/mol. The third-order valence-corrected chi connectivity index (χ3v) is 4.42. The fourth-order valence-electron chi connectivity index (χ4n) is 1.90. The molecule has 0 aliphatic carbocycles. The van der Waals surface area contributed by atoms with Crippen LogP contribution >= 0.6 is 11.6 Å². The van der Waals surface area contributed by atoms with Crippen LogP contribution in [0.2, 0.25) is 5.02 Å². The molecule has 2 aromatic carbocycles. The lowest BCUT2D eigenvalue weighted by Gasteiger charge is -2.19. The van der Waals surface area contributed by atoms with Gasteiger partial charge in [-0.05, 0) is 42.0 Å². The number of hydrogen-bond acceptors (Lipinski definition) is 3. The highest BCUT2D eigenvalue weighted by Gasteiger charge is 2.08. The van der Waals surface area contributed by atoms with Crippen molar-refractivity contribution in [3.8, 4) is 0 Å². The number of nitrogens with zero attached hydrogens (tertiary/aromatic N) is 1. The van der Waals surface area contributed by atoms with Crippen LogP contribution in [0.15, 0.2) is 53.4 Å². The lowest BCUT2D eigenvalue weighted by Crippen LogP contribution is -2.16. The van der Waals surface area contributed by atoms with Crippen molar-refractivity contribution in [2.24, 2.45) is 0 Å². The summed E-state index contributed by atoms with van der Waals surface area (Å²) in [6.07, 6.45) is 1.21. The van der Waals surface area contributed by atoms with Crippen LogP contribution < -0.4 is 4.90 Å². The lowest BCUT2D eigenvalue weighted by molar-refractivity contribution is 0.602. The van der Waals surface area contributed by atoms with Gasteiger partial charge in [-0.15, -0.1) is 0 Å². The zero-order chi connectivity index (χ0) is 14.8. The van der Waals surface area contributed by atoms with E-state index in [1.165, 1.54) is 6.26 Å². The van der Waals surface area contributed by atoms with Gasteiger partial charge in [-0.2, -0.15) is 0 Å². The third-order valence-electron chi connectivity index (χ3n) is 3.04. The van der Waals surface area contributed by atoms with Crippen LogP contribution in [-0.2, 0) is 16.4 Å². The molecule has 2 aromatic rings. The molecule has 0 amide bonds. The minimum absolute atomic E-state index is 0.334. The molecule has 0 radical (unpaired) electrons. The van der Waals surface area contributed by atoms with Crippen molar-refractivity contribution in [2.45, 2.75) is 11.4 Å². The van der Waals surface area contributed by atoms with Crippen LogP contribution in [0.25, 0.3) is 0 Å². The number of anilines is 1. The van der Waals surface area contributed by atoms with Crippen molar-refractivity contribution in [3.05, 3.63) is 59.1 Å². The second-order valence-corrected chi connectivity index (χ2v) is 7.20. The largest absolute Gasteiger partial charge is 0.370 e. The summed E-state index contributed by atoms with van der Waals surface area (Å²) in [6, 6.07) is 14.5. The first-order valence-electron chi connectivity index (χ1n) is 6.12. The van der Waals surface area contributed by atoms with Gasteiger partial charge in [0.05, 0.1) is 4.90 Å². The minimum Gasteiger partial charge on any atom is -0.370 e.